The van der Waals surface area contributed by atoms with Crippen LogP contribution in [0.25, 0.3) is 0 Å². The number of carbonyl (C=O) groups is 7. The Hall–Kier alpha value is -3.27. The second-order valence-corrected chi connectivity index (χ2v) is 12.3. The van der Waals surface area contributed by atoms with Gasteiger partial charge < -0.3 is 37.9 Å². The molecule has 3 aliphatic rings. The van der Waals surface area contributed by atoms with Crippen LogP contribution in [0, 0.1) is 17.8 Å². The minimum Gasteiger partial charge on any atom is -0.468 e. The van der Waals surface area contributed by atoms with Crippen LogP contribution in [0.15, 0.2) is 0 Å². The van der Waals surface area contributed by atoms with Crippen LogP contribution in [-0.2, 0) is 71.5 Å². The number of ether oxygens (including phenoxy) is 8. The van der Waals surface area contributed by atoms with E-state index < -0.39 is 113 Å². The highest BCUT2D eigenvalue weighted by Crippen LogP contribution is 2.54. The van der Waals surface area contributed by atoms with Gasteiger partial charge in [0.15, 0.2) is 18.3 Å². The van der Waals surface area contributed by atoms with Crippen LogP contribution < -0.4 is 0 Å². The average Bonchev–Trinajstić information content (AvgIpc) is 3.23. The molecule has 0 N–H and O–H groups in total. The number of cyclic esters (lactones) is 1. The number of alkyl halides is 1. The maximum absolute atomic E-state index is 13.4. The Morgan fingerprint density at radius 1 is 0.795 bits per heavy atom. The van der Waals surface area contributed by atoms with Gasteiger partial charge in [0.1, 0.15) is 31.0 Å². The Morgan fingerprint density at radius 2 is 1.32 bits per heavy atom. The van der Waals surface area contributed by atoms with Crippen molar-refractivity contribution < 1.29 is 71.5 Å². The summed E-state index contributed by atoms with van der Waals surface area (Å²) in [6.45, 7) is 7.08. The second-order valence-electron chi connectivity index (χ2n) is 11.0. The molecule has 2 heterocycles. The summed E-state index contributed by atoms with van der Waals surface area (Å²) in [5.41, 5.74) is 0. The highest BCUT2D eigenvalue weighted by Gasteiger charge is 2.67. The number of rotatable bonds is 9. The van der Waals surface area contributed by atoms with Gasteiger partial charge in [0, 0.05) is 52.9 Å². The van der Waals surface area contributed by atoms with Crippen molar-refractivity contribution in [3.8, 4) is 0 Å². The minimum atomic E-state index is -1.90. The van der Waals surface area contributed by atoms with Gasteiger partial charge in [-0.1, -0.05) is 22.9 Å². The van der Waals surface area contributed by atoms with Crippen LogP contribution in [0.4, 0.5) is 0 Å². The highest BCUT2D eigenvalue weighted by molar-refractivity contribution is 9.10. The molecule has 0 aromatic rings. The van der Waals surface area contributed by atoms with Crippen LogP contribution in [0.2, 0.25) is 0 Å². The topological polar surface area (TPSA) is 193 Å². The molecule has 0 bridgehead atoms. The van der Waals surface area contributed by atoms with E-state index in [1.807, 2.05) is 0 Å². The molecule has 1 saturated carbocycles. The van der Waals surface area contributed by atoms with Gasteiger partial charge in [-0.25, -0.2) is 9.59 Å². The molecule has 15 nitrogen and oxygen atoms in total. The van der Waals surface area contributed by atoms with Gasteiger partial charge in [0.25, 0.3) is 0 Å². The van der Waals surface area contributed by atoms with Crippen LogP contribution in [0.5, 0.6) is 0 Å². The number of fused-ring (bicyclic) bond motifs is 1. The fourth-order valence-electron chi connectivity index (χ4n) is 6.41. The lowest BCUT2D eigenvalue weighted by Crippen LogP contribution is -2.64. The van der Waals surface area contributed by atoms with E-state index in [1.54, 1.807) is 6.92 Å². The van der Waals surface area contributed by atoms with Crippen molar-refractivity contribution >= 4 is 57.7 Å². The normalized spacial score (nSPS) is 36.1. The lowest BCUT2D eigenvalue weighted by molar-refractivity contribution is -0.258. The summed E-state index contributed by atoms with van der Waals surface area (Å²) < 4.78 is 42.2. The average molecular weight is 693 g/mol. The lowest BCUT2D eigenvalue weighted by Gasteiger charge is -2.47. The van der Waals surface area contributed by atoms with Gasteiger partial charge in [0.05, 0.1) is 7.11 Å². The van der Waals surface area contributed by atoms with E-state index in [0.717, 1.165) is 34.8 Å². The van der Waals surface area contributed by atoms with E-state index in [4.69, 9.17) is 37.9 Å². The second kappa shape index (κ2) is 14.2. The Bertz CT molecular complexity index is 1170. The number of carbonyl (C=O) groups excluding carboxylic acids is 7. The third kappa shape index (κ3) is 7.50. The predicted molar refractivity (Wildman–Crippen MR) is 146 cm³/mol. The fraction of sp³-hybridized carbons (Fsp3) is 0.750. The Labute approximate surface area is 261 Å². The molecule has 11 atom stereocenters. The Balaban J connectivity index is 2.07. The number of halogens is 1. The van der Waals surface area contributed by atoms with E-state index in [2.05, 4.69) is 15.9 Å². The molecule has 16 heteroatoms. The molecule has 6 unspecified atom stereocenters. The molecule has 3 rings (SSSR count). The first kappa shape index (κ1) is 35.2. The quantitative estimate of drug-likeness (QED) is 0.143. The molecule has 2 saturated heterocycles. The summed E-state index contributed by atoms with van der Waals surface area (Å²) >= 11 is 3.28. The number of hydrogen-bond donors (Lipinski definition) is 0. The van der Waals surface area contributed by atoms with E-state index in [1.165, 1.54) is 6.92 Å². The first-order valence-electron chi connectivity index (χ1n) is 14.0. The van der Waals surface area contributed by atoms with E-state index in [-0.39, 0.29) is 12.8 Å². The van der Waals surface area contributed by atoms with Gasteiger partial charge in [-0.15, -0.1) is 0 Å². The van der Waals surface area contributed by atoms with Gasteiger partial charge in [-0.05, 0) is 12.3 Å². The minimum absolute atomic E-state index is 0.121. The van der Waals surface area contributed by atoms with E-state index >= 15 is 0 Å². The lowest BCUT2D eigenvalue weighted by atomic mass is 9.73. The van der Waals surface area contributed by atoms with Crippen LogP contribution in [0.3, 0.4) is 0 Å². The molecule has 2 aliphatic heterocycles. The third-order valence-electron chi connectivity index (χ3n) is 7.99. The maximum atomic E-state index is 13.4. The zero-order valence-electron chi connectivity index (χ0n) is 25.4. The summed E-state index contributed by atoms with van der Waals surface area (Å²) in [5.74, 6) is -7.22. The monoisotopic (exact) mass is 692 g/mol. The van der Waals surface area contributed by atoms with Crippen LogP contribution in [-0.4, -0.2) is 103 Å². The third-order valence-corrected chi connectivity index (χ3v) is 9.23. The Morgan fingerprint density at radius 3 is 1.82 bits per heavy atom. The summed E-state index contributed by atoms with van der Waals surface area (Å²) in [6.07, 6.45) is -8.24. The van der Waals surface area contributed by atoms with Crippen molar-refractivity contribution in [2.75, 3.05) is 13.7 Å². The molecule has 0 spiro atoms. The molecule has 0 radical (unpaired) electrons. The molecule has 246 valence electrons. The summed E-state index contributed by atoms with van der Waals surface area (Å²) in [5, 5.41) is 0. The van der Waals surface area contributed by atoms with Crippen molar-refractivity contribution in [3.05, 3.63) is 0 Å². The van der Waals surface area contributed by atoms with Gasteiger partial charge >= 0.3 is 41.8 Å². The summed E-state index contributed by atoms with van der Waals surface area (Å²) in [4.78, 5) is 86.3. The van der Waals surface area contributed by atoms with Crippen molar-refractivity contribution in [1.82, 2.24) is 0 Å². The van der Waals surface area contributed by atoms with E-state index in [9.17, 15) is 33.6 Å². The Kier molecular flexibility index (Phi) is 11.4. The van der Waals surface area contributed by atoms with Crippen molar-refractivity contribution in [2.45, 2.75) is 101 Å². The zero-order chi connectivity index (χ0) is 33.1. The van der Waals surface area contributed by atoms with Gasteiger partial charge in [-0.2, -0.15) is 0 Å². The first-order chi connectivity index (χ1) is 20.5. The molecule has 0 amide bonds. The highest BCUT2D eigenvalue weighted by atomic mass is 79.9. The summed E-state index contributed by atoms with van der Waals surface area (Å²) in [6, 6.07) is 0. The van der Waals surface area contributed by atoms with Crippen molar-refractivity contribution in [3.63, 3.8) is 0 Å². The van der Waals surface area contributed by atoms with Gasteiger partial charge in [-0.3, -0.25) is 24.0 Å². The van der Waals surface area contributed by atoms with Crippen molar-refractivity contribution in [2.24, 2.45) is 17.8 Å². The zero-order valence-corrected chi connectivity index (χ0v) is 27.0. The molecular weight excluding hydrogens is 656 g/mol. The summed E-state index contributed by atoms with van der Waals surface area (Å²) in [7, 11) is 1.12. The maximum Gasteiger partial charge on any atom is 0.335 e. The van der Waals surface area contributed by atoms with Crippen molar-refractivity contribution in [1.29, 1.82) is 0 Å². The number of methoxy groups -OCH3 is 1. The first-order valence-corrected chi connectivity index (χ1v) is 14.8. The molecule has 0 aromatic heterocycles. The fourth-order valence-corrected chi connectivity index (χ4v) is 7.16. The number of hydrogen-bond acceptors (Lipinski definition) is 15. The molecule has 3 fully saturated rings. The molecule has 0 aromatic carbocycles. The smallest absolute Gasteiger partial charge is 0.335 e. The van der Waals surface area contributed by atoms with Crippen LogP contribution >= 0.6 is 15.9 Å². The predicted octanol–water partition coefficient (Wildman–Crippen LogP) is 0.938. The number of esters is 7. The standard InChI is InChI=1S/C28H37BrO15/c1-11-18(39-13(3)31)8-17-22(11)19(44-27(36)28(17,29)26(35)37-7)9-20-23(40-14(4)32)25(42-16(6)34)24(41-15(5)33)21(43-20)10-38-12(2)30/h11,17-25H,8-10H2,1-7H3/t11?,17-,18?,19?,20?,21?,22+,23+,24+,25+,28?/m0/s1. The van der Waals surface area contributed by atoms with Gasteiger partial charge in [0.2, 0.25) is 4.32 Å². The largest absolute Gasteiger partial charge is 0.468 e. The van der Waals surface area contributed by atoms with Crippen LogP contribution in [0.1, 0.15) is 54.4 Å². The van der Waals surface area contributed by atoms with E-state index in [0.29, 0.717) is 0 Å². The molecule has 1 aliphatic carbocycles. The molecular formula is C28H37BrO15. The molecule has 44 heavy (non-hydrogen) atoms. The SMILES string of the molecule is COC(=O)C1(Br)C(=O)OC(CC2OC(COC(C)=O)[C@@H](OC(C)=O)[C@H](OC(C)=O)[C@@H]2OC(C)=O)[C@@H]2C(C)C(OC(C)=O)C[C@@H]21.